The predicted molar refractivity (Wildman–Crippen MR) is 38.9 cm³/mol. The highest BCUT2D eigenvalue weighted by Crippen LogP contribution is 2.17. The number of carbonyl (C=O) groups is 1. The maximum absolute atomic E-state index is 10.1. The topological polar surface area (TPSA) is 37.0 Å². The molecule has 2 heteroatoms. The van der Waals surface area contributed by atoms with E-state index in [0.717, 1.165) is 6.42 Å². The van der Waals surface area contributed by atoms with Crippen LogP contribution in [0, 0.1) is 11.8 Å². The number of hydrogen-bond donors (Lipinski definition) is 0. The third kappa shape index (κ3) is 3.49. The summed E-state index contributed by atoms with van der Waals surface area (Å²) in [4.78, 5) is 10.1. The van der Waals surface area contributed by atoms with Gasteiger partial charge in [0, 0.05) is 0 Å². The van der Waals surface area contributed by atoms with E-state index in [1.165, 1.54) is 0 Å². The second-order valence-electron chi connectivity index (χ2n) is 2.94. The van der Waals surface area contributed by atoms with Crippen LogP contribution in [0.2, 0.25) is 0 Å². The minimum atomic E-state index is -0.937. The van der Waals surface area contributed by atoms with Crippen LogP contribution in [-0.2, 0) is 9.90 Å². The maximum atomic E-state index is 10.1. The van der Waals surface area contributed by atoms with Crippen LogP contribution in [0.1, 0.15) is 33.6 Å². The first-order chi connectivity index (χ1) is 4.57. The van der Waals surface area contributed by atoms with Crippen LogP contribution in [0.15, 0.2) is 0 Å². The monoisotopic (exact) mass is 143 g/mol. The average molecular weight is 143 g/mol. The van der Waals surface area contributed by atoms with Crippen molar-refractivity contribution >= 4 is 5.97 Å². The molecule has 0 fully saturated rings. The van der Waals surface area contributed by atoms with E-state index in [9.17, 15) is 9.90 Å². The highest BCUT2D eigenvalue weighted by Gasteiger charge is 2.14. The lowest BCUT2D eigenvalue weighted by atomic mass is 9.91. The van der Waals surface area contributed by atoms with Gasteiger partial charge in [-0.25, -0.2) is 9.90 Å². The molecular weight excluding hydrogens is 128 g/mol. The van der Waals surface area contributed by atoms with Gasteiger partial charge in [-0.05, 0) is 11.8 Å². The highest BCUT2D eigenvalue weighted by atomic mass is 16.4. The largest absolute Gasteiger partial charge is 0.355 e. The Morgan fingerprint density at radius 3 is 2.10 bits per heavy atom. The van der Waals surface area contributed by atoms with Crippen LogP contribution in [0.5, 0.6) is 0 Å². The first-order valence-corrected chi connectivity index (χ1v) is 3.77. The standard InChI is InChI=1S/C8H15O2/c1-4-6(2)7(3)5-8(9)10/h6-7H,4-5H2,1-3H3. The van der Waals surface area contributed by atoms with Crippen molar-refractivity contribution in [2.75, 3.05) is 0 Å². The van der Waals surface area contributed by atoms with Gasteiger partial charge in [-0.2, -0.15) is 0 Å². The molecule has 0 bridgehead atoms. The zero-order valence-electron chi connectivity index (χ0n) is 6.89. The molecule has 2 nitrogen and oxygen atoms in total. The first kappa shape index (κ1) is 9.47. The average Bonchev–Trinajstić information content (AvgIpc) is 1.85. The van der Waals surface area contributed by atoms with Crippen LogP contribution in [0.3, 0.4) is 0 Å². The van der Waals surface area contributed by atoms with Crippen molar-refractivity contribution in [2.24, 2.45) is 11.8 Å². The van der Waals surface area contributed by atoms with Crippen LogP contribution in [0.25, 0.3) is 0 Å². The van der Waals surface area contributed by atoms with Crippen LogP contribution in [-0.4, -0.2) is 5.97 Å². The quantitative estimate of drug-likeness (QED) is 0.593. The van der Waals surface area contributed by atoms with Crippen molar-refractivity contribution in [3.63, 3.8) is 0 Å². The zero-order valence-corrected chi connectivity index (χ0v) is 6.89. The van der Waals surface area contributed by atoms with Crippen LogP contribution >= 0.6 is 0 Å². The summed E-state index contributed by atoms with van der Waals surface area (Å²) in [7, 11) is 0. The van der Waals surface area contributed by atoms with Crippen molar-refractivity contribution in [2.45, 2.75) is 33.6 Å². The van der Waals surface area contributed by atoms with Gasteiger partial charge in [0.2, 0.25) is 0 Å². The maximum Gasteiger partial charge on any atom is 0.355 e. The smallest absolute Gasteiger partial charge is 0.247 e. The Hall–Kier alpha value is -0.530. The van der Waals surface area contributed by atoms with Crippen molar-refractivity contribution in [3.05, 3.63) is 0 Å². The Kier molecular flexibility index (Phi) is 4.08. The SMILES string of the molecule is CCC(C)C(C)CC([O])=O. The van der Waals surface area contributed by atoms with Crippen LogP contribution < -0.4 is 0 Å². The fourth-order valence-electron chi connectivity index (χ4n) is 0.866. The molecule has 2 unspecified atom stereocenters. The normalized spacial score (nSPS) is 16.3. The molecule has 2 atom stereocenters. The lowest BCUT2D eigenvalue weighted by Crippen LogP contribution is -2.11. The van der Waals surface area contributed by atoms with Gasteiger partial charge in [0.25, 0.3) is 0 Å². The second-order valence-corrected chi connectivity index (χ2v) is 2.94. The van der Waals surface area contributed by atoms with Crippen molar-refractivity contribution in [3.8, 4) is 0 Å². The lowest BCUT2D eigenvalue weighted by Gasteiger charge is -2.14. The fraction of sp³-hybridized carbons (Fsp3) is 0.875. The Bertz CT molecular complexity index is 110. The van der Waals surface area contributed by atoms with Gasteiger partial charge in [-0.1, -0.05) is 27.2 Å². The van der Waals surface area contributed by atoms with E-state index < -0.39 is 5.97 Å². The summed E-state index contributed by atoms with van der Waals surface area (Å²) in [5, 5.41) is 10.1. The number of hydrogen-bond acceptors (Lipinski definition) is 1. The number of carbonyl (C=O) groups excluding carboxylic acids is 1. The van der Waals surface area contributed by atoms with Gasteiger partial charge < -0.3 is 0 Å². The molecule has 10 heavy (non-hydrogen) atoms. The molecule has 0 N–H and O–H groups in total. The van der Waals surface area contributed by atoms with E-state index in [4.69, 9.17) is 0 Å². The molecule has 0 aromatic rings. The molecule has 0 spiro atoms. The first-order valence-electron chi connectivity index (χ1n) is 3.77. The Labute approximate surface area is 62.2 Å². The Balaban J connectivity index is 3.61. The van der Waals surface area contributed by atoms with Crippen molar-refractivity contribution in [1.29, 1.82) is 0 Å². The summed E-state index contributed by atoms with van der Waals surface area (Å²) >= 11 is 0. The molecule has 0 aromatic carbocycles. The summed E-state index contributed by atoms with van der Waals surface area (Å²) in [6.07, 6.45) is 1.23. The lowest BCUT2D eigenvalue weighted by molar-refractivity contribution is -0.144. The highest BCUT2D eigenvalue weighted by molar-refractivity contribution is 5.66. The van der Waals surface area contributed by atoms with Gasteiger partial charge >= 0.3 is 5.97 Å². The Morgan fingerprint density at radius 1 is 1.30 bits per heavy atom. The van der Waals surface area contributed by atoms with Crippen LogP contribution in [0.4, 0.5) is 0 Å². The van der Waals surface area contributed by atoms with E-state index in [0.29, 0.717) is 5.92 Å². The molecular formula is C8H15O2. The van der Waals surface area contributed by atoms with E-state index in [1.807, 2.05) is 6.92 Å². The molecule has 1 radical (unpaired) electrons. The molecule has 0 aliphatic carbocycles. The molecule has 0 rings (SSSR count). The van der Waals surface area contributed by atoms with Gasteiger partial charge in [0.05, 0.1) is 6.42 Å². The molecule has 0 aliphatic rings. The molecule has 0 heterocycles. The van der Waals surface area contributed by atoms with Crippen molar-refractivity contribution in [1.82, 2.24) is 0 Å². The predicted octanol–water partition coefficient (Wildman–Crippen LogP) is 2.02. The van der Waals surface area contributed by atoms with Gasteiger partial charge in [0.1, 0.15) is 0 Å². The molecule has 0 saturated carbocycles. The zero-order chi connectivity index (χ0) is 8.15. The van der Waals surface area contributed by atoms with E-state index in [1.54, 1.807) is 0 Å². The third-order valence-electron chi connectivity index (χ3n) is 2.10. The van der Waals surface area contributed by atoms with Gasteiger partial charge in [-0.15, -0.1) is 0 Å². The van der Waals surface area contributed by atoms with E-state index in [2.05, 4.69) is 13.8 Å². The minimum absolute atomic E-state index is 0.189. The molecule has 59 valence electrons. The van der Waals surface area contributed by atoms with Gasteiger partial charge in [0.15, 0.2) is 0 Å². The Morgan fingerprint density at radius 2 is 1.80 bits per heavy atom. The summed E-state index contributed by atoms with van der Waals surface area (Å²) in [6, 6.07) is 0. The van der Waals surface area contributed by atoms with Crippen molar-refractivity contribution < 1.29 is 9.90 Å². The van der Waals surface area contributed by atoms with E-state index in [-0.39, 0.29) is 12.3 Å². The summed E-state index contributed by atoms with van der Waals surface area (Å²) in [5.41, 5.74) is 0. The fourth-order valence-corrected chi connectivity index (χ4v) is 0.866. The van der Waals surface area contributed by atoms with Gasteiger partial charge in [-0.3, -0.25) is 0 Å². The molecule has 0 amide bonds. The molecule has 0 saturated heterocycles. The second kappa shape index (κ2) is 4.31. The molecule has 0 aliphatic heterocycles. The summed E-state index contributed by atoms with van der Waals surface area (Å²) in [6.45, 7) is 6.08. The summed E-state index contributed by atoms with van der Waals surface area (Å²) in [5.74, 6) is -0.208. The third-order valence-corrected chi connectivity index (χ3v) is 2.10. The minimum Gasteiger partial charge on any atom is -0.247 e. The molecule has 0 aromatic heterocycles. The summed E-state index contributed by atoms with van der Waals surface area (Å²) < 4.78 is 0. The van der Waals surface area contributed by atoms with E-state index >= 15 is 0 Å². The number of rotatable bonds is 4.